The summed E-state index contributed by atoms with van der Waals surface area (Å²) in [6.07, 6.45) is 0.774. The van der Waals surface area contributed by atoms with E-state index >= 15 is 0 Å². The highest BCUT2D eigenvalue weighted by Crippen LogP contribution is 2.16. The van der Waals surface area contributed by atoms with E-state index in [4.69, 9.17) is 18.0 Å². The average Bonchev–Trinajstić information content (AvgIpc) is 2.28. The Labute approximate surface area is 116 Å². The molecule has 0 saturated heterocycles. The van der Waals surface area contributed by atoms with E-state index < -0.39 is 0 Å². The lowest BCUT2D eigenvalue weighted by Crippen LogP contribution is -2.32. The first kappa shape index (κ1) is 15.1. The second kappa shape index (κ2) is 6.86. The summed E-state index contributed by atoms with van der Waals surface area (Å²) in [5, 5.41) is 0. The van der Waals surface area contributed by atoms with Crippen molar-refractivity contribution in [1.29, 1.82) is 0 Å². The van der Waals surface area contributed by atoms with Crippen molar-refractivity contribution >= 4 is 17.2 Å². The van der Waals surface area contributed by atoms with Gasteiger partial charge in [-0.2, -0.15) is 0 Å². The standard InChI is InChI=1S/C15H24N2S/c1-11(2)14-7-5-13(6-8-14)10-17(4)12(3)9-15(16)18/h5-8,11-12H,9-10H2,1-4H3,(H2,16,18). The molecule has 0 bridgehead atoms. The third kappa shape index (κ3) is 4.75. The van der Waals surface area contributed by atoms with Gasteiger partial charge in [-0.05, 0) is 31.0 Å². The van der Waals surface area contributed by atoms with Crippen LogP contribution < -0.4 is 5.73 Å². The lowest BCUT2D eigenvalue weighted by molar-refractivity contribution is 0.255. The highest BCUT2D eigenvalue weighted by Gasteiger charge is 2.10. The summed E-state index contributed by atoms with van der Waals surface area (Å²) in [6, 6.07) is 9.23. The van der Waals surface area contributed by atoms with Crippen LogP contribution in [0.1, 0.15) is 44.2 Å². The fourth-order valence-corrected chi connectivity index (χ4v) is 2.14. The van der Waals surface area contributed by atoms with Crippen LogP contribution in [0.25, 0.3) is 0 Å². The Bertz CT molecular complexity index is 384. The Hall–Kier alpha value is -0.930. The monoisotopic (exact) mass is 264 g/mol. The second-order valence-corrected chi connectivity index (χ2v) is 5.86. The molecule has 2 nitrogen and oxygen atoms in total. The van der Waals surface area contributed by atoms with E-state index in [2.05, 4.69) is 57.0 Å². The Morgan fingerprint density at radius 1 is 1.22 bits per heavy atom. The average molecular weight is 264 g/mol. The van der Waals surface area contributed by atoms with E-state index in [0.29, 0.717) is 16.9 Å². The molecule has 0 fully saturated rings. The Morgan fingerprint density at radius 2 is 1.78 bits per heavy atom. The zero-order valence-electron chi connectivity index (χ0n) is 11.8. The topological polar surface area (TPSA) is 29.3 Å². The van der Waals surface area contributed by atoms with Crippen molar-refractivity contribution in [1.82, 2.24) is 4.90 Å². The molecular weight excluding hydrogens is 240 g/mol. The predicted octanol–water partition coefficient (Wildman–Crippen LogP) is 3.31. The molecule has 2 N–H and O–H groups in total. The lowest BCUT2D eigenvalue weighted by atomic mass is 10.0. The van der Waals surface area contributed by atoms with Crippen LogP contribution in [0.5, 0.6) is 0 Å². The molecule has 0 saturated carbocycles. The summed E-state index contributed by atoms with van der Waals surface area (Å²) >= 11 is 4.95. The van der Waals surface area contributed by atoms with Crippen LogP contribution in [0.15, 0.2) is 24.3 Å². The van der Waals surface area contributed by atoms with Gasteiger partial charge in [0.25, 0.3) is 0 Å². The van der Waals surface area contributed by atoms with Crippen LogP contribution in [0, 0.1) is 0 Å². The van der Waals surface area contributed by atoms with E-state index in [1.807, 2.05) is 0 Å². The van der Waals surface area contributed by atoms with Gasteiger partial charge in [0.05, 0.1) is 4.99 Å². The zero-order chi connectivity index (χ0) is 13.7. The van der Waals surface area contributed by atoms with Crippen LogP contribution in [-0.2, 0) is 6.54 Å². The van der Waals surface area contributed by atoms with Gasteiger partial charge in [-0.3, -0.25) is 4.90 Å². The molecule has 0 aliphatic carbocycles. The summed E-state index contributed by atoms with van der Waals surface area (Å²) in [4.78, 5) is 2.87. The molecule has 100 valence electrons. The zero-order valence-corrected chi connectivity index (χ0v) is 12.6. The molecule has 0 heterocycles. The largest absolute Gasteiger partial charge is 0.393 e. The van der Waals surface area contributed by atoms with Gasteiger partial charge in [-0.15, -0.1) is 0 Å². The summed E-state index contributed by atoms with van der Waals surface area (Å²) in [5.41, 5.74) is 8.30. The maximum absolute atomic E-state index is 5.58. The van der Waals surface area contributed by atoms with Crippen molar-refractivity contribution in [3.8, 4) is 0 Å². The molecule has 1 rings (SSSR count). The molecule has 1 aromatic rings. The molecule has 1 unspecified atom stereocenters. The molecule has 0 amide bonds. The molecule has 0 aromatic heterocycles. The fourth-order valence-electron chi connectivity index (χ4n) is 1.90. The summed E-state index contributed by atoms with van der Waals surface area (Å²) < 4.78 is 0. The van der Waals surface area contributed by atoms with Crippen LogP contribution in [0.3, 0.4) is 0 Å². The van der Waals surface area contributed by atoms with Gasteiger partial charge >= 0.3 is 0 Å². The Morgan fingerprint density at radius 3 is 2.22 bits per heavy atom. The molecule has 1 aromatic carbocycles. The van der Waals surface area contributed by atoms with Gasteiger partial charge in [0.15, 0.2) is 0 Å². The fraction of sp³-hybridized carbons (Fsp3) is 0.533. The number of thiocarbonyl (C=S) groups is 1. The normalized spacial score (nSPS) is 13.0. The minimum absolute atomic E-state index is 0.382. The first-order chi connectivity index (χ1) is 8.40. The van der Waals surface area contributed by atoms with E-state index in [0.717, 1.165) is 13.0 Å². The van der Waals surface area contributed by atoms with E-state index in [1.165, 1.54) is 11.1 Å². The molecule has 0 radical (unpaired) electrons. The lowest BCUT2D eigenvalue weighted by Gasteiger charge is -2.24. The highest BCUT2D eigenvalue weighted by atomic mass is 32.1. The van der Waals surface area contributed by atoms with Gasteiger partial charge in [0.2, 0.25) is 0 Å². The first-order valence-electron chi connectivity index (χ1n) is 6.47. The Balaban J connectivity index is 2.58. The van der Waals surface area contributed by atoms with Gasteiger partial charge in [0.1, 0.15) is 0 Å². The molecule has 0 spiro atoms. The number of nitrogens with zero attached hydrogens (tertiary/aromatic N) is 1. The maximum Gasteiger partial charge on any atom is 0.0742 e. The smallest absolute Gasteiger partial charge is 0.0742 e. The number of rotatable bonds is 6. The third-order valence-electron chi connectivity index (χ3n) is 3.33. The maximum atomic E-state index is 5.58. The van der Waals surface area contributed by atoms with Crippen molar-refractivity contribution in [3.63, 3.8) is 0 Å². The number of hydrogen-bond donors (Lipinski definition) is 1. The van der Waals surface area contributed by atoms with Crippen molar-refractivity contribution in [3.05, 3.63) is 35.4 Å². The van der Waals surface area contributed by atoms with Crippen LogP contribution >= 0.6 is 12.2 Å². The minimum atomic E-state index is 0.382. The van der Waals surface area contributed by atoms with Gasteiger partial charge in [-0.25, -0.2) is 0 Å². The molecule has 18 heavy (non-hydrogen) atoms. The molecule has 3 heteroatoms. The van der Waals surface area contributed by atoms with E-state index in [9.17, 15) is 0 Å². The number of benzene rings is 1. The van der Waals surface area contributed by atoms with Crippen molar-refractivity contribution < 1.29 is 0 Å². The quantitative estimate of drug-likeness (QED) is 0.799. The first-order valence-corrected chi connectivity index (χ1v) is 6.88. The molecular formula is C15H24N2S. The van der Waals surface area contributed by atoms with Crippen LogP contribution in [-0.4, -0.2) is 23.0 Å². The van der Waals surface area contributed by atoms with Crippen molar-refractivity contribution in [2.75, 3.05) is 7.05 Å². The second-order valence-electron chi connectivity index (χ2n) is 5.33. The molecule has 0 aliphatic rings. The van der Waals surface area contributed by atoms with E-state index in [-0.39, 0.29) is 0 Å². The molecule has 0 aliphatic heterocycles. The van der Waals surface area contributed by atoms with E-state index in [1.54, 1.807) is 0 Å². The van der Waals surface area contributed by atoms with Gasteiger partial charge in [0, 0.05) is 19.0 Å². The summed E-state index contributed by atoms with van der Waals surface area (Å²) in [6.45, 7) is 7.51. The summed E-state index contributed by atoms with van der Waals surface area (Å²) in [5.74, 6) is 0.588. The predicted molar refractivity (Wildman–Crippen MR) is 82.9 cm³/mol. The van der Waals surface area contributed by atoms with Crippen molar-refractivity contribution in [2.45, 2.75) is 45.7 Å². The van der Waals surface area contributed by atoms with Crippen LogP contribution in [0.2, 0.25) is 0 Å². The summed E-state index contributed by atoms with van der Waals surface area (Å²) in [7, 11) is 2.11. The third-order valence-corrected chi connectivity index (χ3v) is 3.49. The van der Waals surface area contributed by atoms with Gasteiger partial charge < -0.3 is 5.73 Å². The number of nitrogens with two attached hydrogens (primary N) is 1. The molecule has 1 atom stereocenters. The minimum Gasteiger partial charge on any atom is -0.393 e. The Kier molecular flexibility index (Phi) is 5.76. The number of hydrogen-bond acceptors (Lipinski definition) is 2. The van der Waals surface area contributed by atoms with Crippen LogP contribution in [0.4, 0.5) is 0 Å². The van der Waals surface area contributed by atoms with Gasteiger partial charge in [-0.1, -0.05) is 50.3 Å². The van der Waals surface area contributed by atoms with Crippen molar-refractivity contribution in [2.24, 2.45) is 5.73 Å². The SMILES string of the molecule is CC(C)c1ccc(CN(C)C(C)CC(N)=S)cc1. The highest BCUT2D eigenvalue weighted by molar-refractivity contribution is 7.80.